The van der Waals surface area contributed by atoms with Gasteiger partial charge in [0.25, 0.3) is 11.8 Å². The number of aromatic nitrogens is 2. The molecule has 2 amide bonds. The SMILES string of the molecule is Cn1ccnc1C(=O)N1CC[C@H]2[C@@H](C1)[C@H](c1ccc(F)cc1)CN2C(=O)c1ccccc1. The van der Waals surface area contributed by atoms with Crippen LogP contribution in [0, 0.1) is 11.7 Å². The zero-order valence-corrected chi connectivity index (χ0v) is 17.9. The number of nitrogens with zero attached hydrogens (tertiary/aromatic N) is 4. The summed E-state index contributed by atoms with van der Waals surface area (Å²) < 4.78 is 15.3. The second-order valence-corrected chi connectivity index (χ2v) is 8.61. The van der Waals surface area contributed by atoms with Crippen LogP contribution in [0.15, 0.2) is 67.0 Å². The number of likely N-dealkylation sites (tertiary alicyclic amines) is 2. The lowest BCUT2D eigenvalue weighted by molar-refractivity contribution is 0.0524. The minimum atomic E-state index is -0.282. The van der Waals surface area contributed by atoms with E-state index >= 15 is 0 Å². The summed E-state index contributed by atoms with van der Waals surface area (Å²) in [4.78, 5) is 34.5. The molecular weight excluding hydrogens is 407 g/mol. The lowest BCUT2D eigenvalue weighted by atomic mass is 9.81. The van der Waals surface area contributed by atoms with Gasteiger partial charge in [0.2, 0.25) is 0 Å². The summed E-state index contributed by atoms with van der Waals surface area (Å²) in [5.74, 6) is 0.153. The van der Waals surface area contributed by atoms with Crippen LogP contribution < -0.4 is 0 Å². The number of rotatable bonds is 3. The van der Waals surface area contributed by atoms with Crippen molar-refractivity contribution in [3.05, 3.63) is 89.8 Å². The minimum absolute atomic E-state index is 0.00842. The van der Waals surface area contributed by atoms with Gasteiger partial charge >= 0.3 is 0 Å². The van der Waals surface area contributed by atoms with Gasteiger partial charge in [-0.05, 0) is 36.2 Å². The molecule has 3 aromatic rings. The summed E-state index contributed by atoms with van der Waals surface area (Å²) in [7, 11) is 1.81. The zero-order valence-electron chi connectivity index (χ0n) is 17.9. The maximum atomic E-state index is 13.6. The lowest BCUT2D eigenvalue weighted by Gasteiger charge is -2.38. The van der Waals surface area contributed by atoms with Crippen LogP contribution in [0.25, 0.3) is 0 Å². The minimum Gasteiger partial charge on any atom is -0.336 e. The van der Waals surface area contributed by atoms with Gasteiger partial charge in [0.05, 0.1) is 0 Å². The van der Waals surface area contributed by atoms with Crippen molar-refractivity contribution in [3.8, 4) is 0 Å². The quantitative estimate of drug-likeness (QED) is 0.638. The van der Waals surface area contributed by atoms with E-state index in [2.05, 4.69) is 4.98 Å². The van der Waals surface area contributed by atoms with Gasteiger partial charge in [-0.3, -0.25) is 9.59 Å². The average Bonchev–Trinajstić information content (AvgIpc) is 3.42. The maximum absolute atomic E-state index is 13.6. The van der Waals surface area contributed by atoms with Crippen LogP contribution in [-0.2, 0) is 7.05 Å². The Kier molecular flexibility index (Phi) is 5.25. The van der Waals surface area contributed by atoms with E-state index in [9.17, 15) is 14.0 Å². The number of imidazole rings is 1. The Bertz CT molecular complexity index is 1130. The van der Waals surface area contributed by atoms with Crippen LogP contribution in [0.1, 0.15) is 38.9 Å². The molecule has 3 heterocycles. The van der Waals surface area contributed by atoms with E-state index in [0.717, 1.165) is 5.56 Å². The van der Waals surface area contributed by atoms with E-state index in [0.29, 0.717) is 37.4 Å². The number of hydrogen-bond acceptors (Lipinski definition) is 3. The molecule has 3 atom stereocenters. The number of halogens is 1. The number of piperidine rings is 1. The molecule has 0 bridgehead atoms. The van der Waals surface area contributed by atoms with Crippen molar-refractivity contribution >= 4 is 11.8 Å². The Balaban J connectivity index is 1.45. The first-order valence-corrected chi connectivity index (χ1v) is 10.9. The number of benzene rings is 2. The van der Waals surface area contributed by atoms with Crippen molar-refractivity contribution in [2.75, 3.05) is 19.6 Å². The highest BCUT2D eigenvalue weighted by Gasteiger charge is 2.48. The molecule has 0 N–H and O–H groups in total. The number of aryl methyl sites for hydroxylation is 1. The topological polar surface area (TPSA) is 58.4 Å². The normalized spacial score (nSPS) is 22.6. The Labute approximate surface area is 186 Å². The highest BCUT2D eigenvalue weighted by molar-refractivity contribution is 5.95. The Morgan fingerprint density at radius 2 is 1.75 bits per heavy atom. The number of carbonyl (C=O) groups excluding carboxylic acids is 2. The molecule has 1 aromatic heterocycles. The number of carbonyl (C=O) groups is 2. The molecule has 0 radical (unpaired) electrons. The molecule has 2 fully saturated rings. The first kappa shape index (κ1) is 20.4. The second kappa shape index (κ2) is 8.22. The van der Waals surface area contributed by atoms with Crippen LogP contribution in [-0.4, -0.2) is 56.8 Å². The maximum Gasteiger partial charge on any atom is 0.289 e. The van der Waals surface area contributed by atoms with Crippen LogP contribution in [0.2, 0.25) is 0 Å². The van der Waals surface area contributed by atoms with Gasteiger partial charge in [-0.25, -0.2) is 9.37 Å². The molecule has 2 saturated heterocycles. The van der Waals surface area contributed by atoms with Gasteiger partial charge in [-0.1, -0.05) is 30.3 Å². The Morgan fingerprint density at radius 1 is 1.00 bits per heavy atom. The van der Waals surface area contributed by atoms with Crippen LogP contribution in [0.5, 0.6) is 0 Å². The molecule has 0 spiro atoms. The molecular formula is C25H25FN4O2. The molecule has 2 aromatic carbocycles. The Morgan fingerprint density at radius 3 is 2.44 bits per heavy atom. The first-order valence-electron chi connectivity index (χ1n) is 10.9. The predicted octanol–water partition coefficient (Wildman–Crippen LogP) is 3.33. The van der Waals surface area contributed by atoms with Crippen LogP contribution in [0.3, 0.4) is 0 Å². The van der Waals surface area contributed by atoms with E-state index in [-0.39, 0.29) is 35.5 Å². The standard InChI is InChI=1S/C25H25FN4O2/c1-28-14-12-27-23(28)25(32)29-13-11-22-21(15-29)20(17-7-9-19(26)10-8-17)16-30(22)24(31)18-5-3-2-4-6-18/h2-10,12,14,20-22H,11,13,15-16H2,1H3/t20-,21-,22-/m0/s1. The van der Waals surface area contributed by atoms with Crippen molar-refractivity contribution < 1.29 is 14.0 Å². The second-order valence-electron chi connectivity index (χ2n) is 8.61. The van der Waals surface area contributed by atoms with Crippen molar-refractivity contribution in [2.45, 2.75) is 18.4 Å². The van der Waals surface area contributed by atoms with Crippen molar-refractivity contribution in [1.82, 2.24) is 19.4 Å². The molecule has 2 aliphatic rings. The molecule has 2 aliphatic heterocycles. The van der Waals surface area contributed by atoms with E-state index in [1.54, 1.807) is 29.1 Å². The fourth-order valence-electron chi connectivity index (χ4n) is 5.17. The number of fused-ring (bicyclic) bond motifs is 1. The summed E-state index contributed by atoms with van der Waals surface area (Å²) in [5.41, 5.74) is 1.66. The summed E-state index contributed by atoms with van der Waals surface area (Å²) >= 11 is 0. The van der Waals surface area contributed by atoms with E-state index in [1.165, 1.54) is 12.1 Å². The van der Waals surface area contributed by atoms with Crippen molar-refractivity contribution in [2.24, 2.45) is 13.0 Å². The van der Waals surface area contributed by atoms with Gasteiger partial charge in [0.1, 0.15) is 5.82 Å². The third-order valence-electron chi connectivity index (χ3n) is 6.81. The van der Waals surface area contributed by atoms with Crippen LogP contribution in [0.4, 0.5) is 4.39 Å². The largest absolute Gasteiger partial charge is 0.336 e. The summed E-state index contributed by atoms with van der Waals surface area (Å²) in [6.07, 6.45) is 4.09. The number of hydrogen-bond donors (Lipinski definition) is 0. The Hall–Kier alpha value is -3.48. The fraction of sp³-hybridized carbons (Fsp3) is 0.320. The summed E-state index contributed by atoms with van der Waals surface area (Å²) in [6.45, 7) is 1.66. The molecule has 32 heavy (non-hydrogen) atoms. The third kappa shape index (κ3) is 3.57. The van der Waals surface area contributed by atoms with E-state index in [1.807, 2.05) is 47.2 Å². The van der Waals surface area contributed by atoms with Gasteiger partial charge in [-0.2, -0.15) is 0 Å². The fourth-order valence-corrected chi connectivity index (χ4v) is 5.17. The van der Waals surface area contributed by atoms with Gasteiger partial charge in [0.15, 0.2) is 5.82 Å². The average molecular weight is 432 g/mol. The molecule has 0 saturated carbocycles. The summed E-state index contributed by atoms with van der Waals surface area (Å²) in [5, 5.41) is 0. The molecule has 164 valence electrons. The smallest absolute Gasteiger partial charge is 0.289 e. The van der Waals surface area contributed by atoms with Crippen molar-refractivity contribution in [3.63, 3.8) is 0 Å². The van der Waals surface area contributed by atoms with Gasteiger partial charge in [-0.15, -0.1) is 0 Å². The van der Waals surface area contributed by atoms with Crippen LogP contribution >= 0.6 is 0 Å². The third-order valence-corrected chi connectivity index (χ3v) is 6.81. The molecule has 5 rings (SSSR count). The first-order chi connectivity index (χ1) is 15.5. The zero-order chi connectivity index (χ0) is 22.2. The summed E-state index contributed by atoms with van der Waals surface area (Å²) in [6, 6.07) is 15.9. The van der Waals surface area contributed by atoms with Crippen molar-refractivity contribution in [1.29, 1.82) is 0 Å². The molecule has 0 aliphatic carbocycles. The molecule has 7 heteroatoms. The lowest BCUT2D eigenvalue weighted by Crippen LogP contribution is -2.50. The monoisotopic (exact) mass is 432 g/mol. The predicted molar refractivity (Wildman–Crippen MR) is 118 cm³/mol. The molecule has 0 unspecified atom stereocenters. The molecule has 6 nitrogen and oxygen atoms in total. The number of amides is 2. The highest BCUT2D eigenvalue weighted by atomic mass is 19.1. The van der Waals surface area contributed by atoms with Gasteiger partial charge in [0, 0.05) is 62.5 Å². The highest BCUT2D eigenvalue weighted by Crippen LogP contribution is 2.42. The van der Waals surface area contributed by atoms with E-state index in [4.69, 9.17) is 0 Å². The van der Waals surface area contributed by atoms with Gasteiger partial charge < -0.3 is 14.4 Å². The van der Waals surface area contributed by atoms with E-state index < -0.39 is 0 Å².